The molecule has 0 spiro atoms. The van der Waals surface area contributed by atoms with Gasteiger partial charge in [0.2, 0.25) is 5.90 Å². The highest BCUT2D eigenvalue weighted by molar-refractivity contribution is 9.10. The first kappa shape index (κ1) is 26.8. The number of nitro benzene ring substituents is 2. The van der Waals surface area contributed by atoms with Crippen LogP contribution in [0.4, 0.5) is 11.4 Å². The first-order valence-corrected chi connectivity index (χ1v) is 12.1. The normalized spacial score (nSPS) is 13.7. The number of carbonyl (C=O) groups is 1. The van der Waals surface area contributed by atoms with Gasteiger partial charge < -0.3 is 14.2 Å². The topological polar surface area (TPSA) is 143 Å². The van der Waals surface area contributed by atoms with Gasteiger partial charge in [0.1, 0.15) is 11.6 Å². The van der Waals surface area contributed by atoms with Gasteiger partial charge in [-0.25, -0.2) is 9.79 Å². The molecule has 38 heavy (non-hydrogen) atoms. The number of aliphatic imine (C=N–C) groups is 1. The highest BCUT2D eigenvalue weighted by Gasteiger charge is 2.26. The monoisotopic (exact) mass is 601 g/mol. The minimum absolute atomic E-state index is 0.0304. The van der Waals surface area contributed by atoms with Crippen molar-refractivity contribution in [1.29, 1.82) is 0 Å². The fraction of sp³-hybridized carbons (Fsp3) is 0.120. The van der Waals surface area contributed by atoms with E-state index in [0.29, 0.717) is 33.7 Å². The Balaban J connectivity index is 1.61. The third-order valence-corrected chi connectivity index (χ3v) is 6.06. The van der Waals surface area contributed by atoms with Crippen LogP contribution in [0.1, 0.15) is 23.6 Å². The van der Waals surface area contributed by atoms with Crippen molar-refractivity contribution in [3.63, 3.8) is 0 Å². The molecule has 0 saturated carbocycles. The molecule has 1 heterocycles. The Bertz CT molecular complexity index is 1520. The van der Waals surface area contributed by atoms with Crippen LogP contribution < -0.4 is 9.47 Å². The average Bonchev–Trinajstić information content (AvgIpc) is 3.23. The van der Waals surface area contributed by atoms with E-state index < -0.39 is 15.8 Å². The van der Waals surface area contributed by atoms with Crippen LogP contribution >= 0.6 is 27.5 Å². The zero-order valence-corrected chi connectivity index (χ0v) is 21.9. The van der Waals surface area contributed by atoms with Crippen molar-refractivity contribution in [2.45, 2.75) is 13.5 Å². The number of rotatable bonds is 9. The van der Waals surface area contributed by atoms with Crippen molar-refractivity contribution in [2.24, 2.45) is 4.99 Å². The molecular weight excluding hydrogens is 586 g/mol. The third kappa shape index (κ3) is 5.98. The van der Waals surface area contributed by atoms with Gasteiger partial charge in [0.25, 0.3) is 11.4 Å². The zero-order valence-electron chi connectivity index (χ0n) is 19.6. The van der Waals surface area contributed by atoms with Gasteiger partial charge in [-0.3, -0.25) is 20.2 Å². The van der Waals surface area contributed by atoms with Gasteiger partial charge in [0.05, 0.1) is 20.9 Å². The van der Waals surface area contributed by atoms with Crippen LogP contribution in [0, 0.1) is 20.2 Å². The third-order valence-electron chi connectivity index (χ3n) is 5.15. The van der Waals surface area contributed by atoms with E-state index in [-0.39, 0.29) is 40.2 Å². The predicted octanol–water partition coefficient (Wildman–Crippen LogP) is 6.24. The van der Waals surface area contributed by atoms with Crippen molar-refractivity contribution in [3.8, 4) is 11.5 Å². The fourth-order valence-corrected chi connectivity index (χ4v) is 4.23. The van der Waals surface area contributed by atoms with Crippen molar-refractivity contribution in [1.82, 2.24) is 0 Å². The summed E-state index contributed by atoms with van der Waals surface area (Å²) >= 11 is 9.30. The van der Waals surface area contributed by atoms with E-state index in [9.17, 15) is 25.0 Å². The van der Waals surface area contributed by atoms with Gasteiger partial charge in [0, 0.05) is 23.8 Å². The maximum atomic E-state index is 12.5. The second-order valence-corrected chi connectivity index (χ2v) is 9.00. The van der Waals surface area contributed by atoms with E-state index in [1.165, 1.54) is 36.4 Å². The predicted molar refractivity (Wildman–Crippen MR) is 141 cm³/mol. The number of nitrogens with zero attached hydrogens (tertiary/aromatic N) is 3. The summed E-state index contributed by atoms with van der Waals surface area (Å²) in [5, 5.41) is 22.2. The van der Waals surface area contributed by atoms with Crippen LogP contribution in [0.5, 0.6) is 11.5 Å². The number of hydrogen-bond donors (Lipinski definition) is 0. The second-order valence-electron chi connectivity index (χ2n) is 7.74. The molecule has 0 atom stereocenters. The molecule has 0 N–H and O–H groups in total. The van der Waals surface area contributed by atoms with Crippen molar-refractivity contribution >= 4 is 56.8 Å². The molecule has 3 aromatic carbocycles. The molecule has 11 nitrogen and oxygen atoms in total. The molecule has 0 unspecified atom stereocenters. The largest absolute Gasteiger partial charge is 0.490 e. The molecule has 0 aromatic heterocycles. The number of esters is 1. The molecule has 13 heteroatoms. The molecule has 3 aromatic rings. The van der Waals surface area contributed by atoms with Crippen LogP contribution in [0.15, 0.2) is 69.8 Å². The standard InChI is InChI=1S/C25H17BrClN3O8/c1-2-36-22-11-15(9-18(26)23(22)37-13-14-4-3-5-17(8-14)29(32)33)10-20-25(31)38-24(28-20)16-6-7-19(27)21(12-16)30(34)35/h3-12H,2,13H2,1H3/b20-10-. The molecule has 0 radical (unpaired) electrons. The van der Waals surface area contributed by atoms with E-state index in [1.807, 2.05) is 0 Å². The Labute approximate surface area is 228 Å². The Hall–Kier alpha value is -4.29. The van der Waals surface area contributed by atoms with E-state index in [0.717, 1.165) is 0 Å². The number of carbonyl (C=O) groups excluding carboxylic acids is 1. The molecule has 194 valence electrons. The van der Waals surface area contributed by atoms with Crippen LogP contribution in [0.3, 0.4) is 0 Å². The van der Waals surface area contributed by atoms with Gasteiger partial charge in [-0.2, -0.15) is 0 Å². The Morgan fingerprint density at radius 1 is 1.08 bits per heavy atom. The lowest BCUT2D eigenvalue weighted by atomic mass is 10.1. The quantitative estimate of drug-likeness (QED) is 0.121. The molecule has 4 rings (SSSR count). The summed E-state index contributed by atoms with van der Waals surface area (Å²) in [6.07, 6.45) is 1.47. The summed E-state index contributed by atoms with van der Waals surface area (Å²) in [4.78, 5) is 37.7. The van der Waals surface area contributed by atoms with Crippen molar-refractivity contribution < 1.29 is 28.9 Å². The lowest BCUT2D eigenvalue weighted by molar-refractivity contribution is -0.385. The number of hydrogen-bond acceptors (Lipinski definition) is 9. The molecule has 0 bridgehead atoms. The summed E-state index contributed by atoms with van der Waals surface area (Å²) < 4.78 is 17.3. The smallest absolute Gasteiger partial charge is 0.363 e. The molecule has 0 aliphatic carbocycles. The molecule has 0 amide bonds. The highest BCUT2D eigenvalue weighted by Crippen LogP contribution is 2.38. The summed E-state index contributed by atoms with van der Waals surface area (Å²) in [5.74, 6) is -0.102. The van der Waals surface area contributed by atoms with Crippen LogP contribution in [-0.2, 0) is 16.1 Å². The van der Waals surface area contributed by atoms with Gasteiger partial charge in [-0.1, -0.05) is 23.7 Å². The number of ether oxygens (including phenoxy) is 3. The number of halogens is 2. The first-order chi connectivity index (χ1) is 18.2. The number of benzene rings is 3. The highest BCUT2D eigenvalue weighted by atomic mass is 79.9. The maximum Gasteiger partial charge on any atom is 0.363 e. The van der Waals surface area contributed by atoms with Crippen LogP contribution in [0.25, 0.3) is 6.08 Å². The molecular formula is C25H17BrClN3O8. The summed E-state index contributed by atoms with van der Waals surface area (Å²) in [6, 6.07) is 13.4. The second kappa shape index (κ2) is 11.4. The fourth-order valence-electron chi connectivity index (χ4n) is 3.47. The minimum Gasteiger partial charge on any atom is -0.490 e. The summed E-state index contributed by atoms with van der Waals surface area (Å²) in [6.45, 7) is 2.16. The first-order valence-electron chi connectivity index (χ1n) is 11.0. The minimum atomic E-state index is -0.738. The Morgan fingerprint density at radius 2 is 1.87 bits per heavy atom. The molecule has 1 aliphatic rings. The van der Waals surface area contributed by atoms with Crippen molar-refractivity contribution in [3.05, 3.63) is 107 Å². The van der Waals surface area contributed by atoms with Gasteiger partial charge in [0.15, 0.2) is 17.2 Å². The van der Waals surface area contributed by atoms with E-state index in [2.05, 4.69) is 20.9 Å². The number of nitro groups is 2. The molecule has 1 aliphatic heterocycles. The van der Waals surface area contributed by atoms with E-state index >= 15 is 0 Å². The van der Waals surface area contributed by atoms with Crippen LogP contribution in [0.2, 0.25) is 5.02 Å². The molecule has 0 fully saturated rings. The summed E-state index contributed by atoms with van der Waals surface area (Å²) in [5.41, 5.74) is 0.927. The van der Waals surface area contributed by atoms with E-state index in [4.69, 9.17) is 25.8 Å². The van der Waals surface area contributed by atoms with Crippen LogP contribution in [-0.4, -0.2) is 28.3 Å². The lowest BCUT2D eigenvalue weighted by Crippen LogP contribution is -2.06. The van der Waals surface area contributed by atoms with Gasteiger partial charge in [-0.05, 0) is 64.3 Å². The average molecular weight is 603 g/mol. The summed E-state index contributed by atoms with van der Waals surface area (Å²) in [7, 11) is 0. The van der Waals surface area contributed by atoms with Crippen molar-refractivity contribution in [2.75, 3.05) is 6.61 Å². The SMILES string of the molecule is CCOc1cc(/C=C2\N=C(c3ccc(Cl)c([N+](=O)[O-])c3)OC2=O)cc(Br)c1OCc1cccc([N+](=O)[O-])c1. The number of cyclic esters (lactones) is 1. The lowest BCUT2D eigenvalue weighted by Gasteiger charge is -2.15. The zero-order chi connectivity index (χ0) is 27.4. The Kier molecular flexibility index (Phi) is 8.03. The molecule has 0 saturated heterocycles. The Morgan fingerprint density at radius 3 is 2.58 bits per heavy atom. The van der Waals surface area contributed by atoms with Gasteiger partial charge in [-0.15, -0.1) is 0 Å². The maximum absolute atomic E-state index is 12.5. The van der Waals surface area contributed by atoms with Gasteiger partial charge >= 0.3 is 5.97 Å². The van der Waals surface area contributed by atoms with E-state index in [1.54, 1.807) is 31.2 Å². The number of non-ortho nitro benzene ring substituents is 1.